The van der Waals surface area contributed by atoms with Crippen LogP contribution in [0.1, 0.15) is 86.5 Å². The van der Waals surface area contributed by atoms with E-state index in [2.05, 4.69) is 0 Å². The molecule has 0 amide bonds. The lowest BCUT2D eigenvalue weighted by atomic mass is 9.32. The van der Waals surface area contributed by atoms with Crippen LogP contribution in [-0.2, 0) is 44.9 Å². The molecule has 4 saturated carbocycles. The Hall–Kier alpha value is -4.44. The van der Waals surface area contributed by atoms with Gasteiger partial charge in [-0.15, -0.1) is 0 Å². The number of ketones is 4. The lowest BCUT2D eigenvalue weighted by molar-refractivity contribution is -0.205. The molecule has 256 valence electrons. The number of benzene rings is 4. The highest BCUT2D eigenvalue weighted by atomic mass is 16.1. The molecule has 0 heterocycles. The van der Waals surface area contributed by atoms with Crippen LogP contribution < -0.4 is 0 Å². The maximum atomic E-state index is 14.8. The topological polar surface area (TPSA) is 68.3 Å². The predicted octanol–water partition coefficient (Wildman–Crippen LogP) is 9.12. The zero-order valence-electron chi connectivity index (χ0n) is 29.1. The molecule has 4 heteroatoms. The van der Waals surface area contributed by atoms with Crippen molar-refractivity contribution in [2.75, 3.05) is 0 Å². The van der Waals surface area contributed by atoms with Crippen LogP contribution in [-0.4, -0.2) is 23.1 Å². The Balaban J connectivity index is 1.26. The first-order valence-electron chi connectivity index (χ1n) is 18.5. The fraction of sp³-hybridized carbons (Fsp3) is 0.391. The minimum absolute atomic E-state index is 0.126. The molecule has 4 aromatic rings. The zero-order chi connectivity index (χ0) is 34.7. The molecule has 4 fully saturated rings. The summed E-state index contributed by atoms with van der Waals surface area (Å²) in [6.45, 7) is 0. The van der Waals surface area contributed by atoms with E-state index in [4.69, 9.17) is 0 Å². The van der Waals surface area contributed by atoms with Gasteiger partial charge >= 0.3 is 0 Å². The molecule has 0 unspecified atom stereocenters. The van der Waals surface area contributed by atoms with E-state index in [1.807, 2.05) is 121 Å². The molecule has 0 aromatic heterocycles. The van der Waals surface area contributed by atoms with Gasteiger partial charge in [-0.1, -0.05) is 121 Å². The Morgan fingerprint density at radius 2 is 0.500 bits per heavy atom. The number of hydrogen-bond donors (Lipinski definition) is 0. The van der Waals surface area contributed by atoms with E-state index < -0.39 is 21.7 Å². The number of Topliss-reactive ketones (excluding diaryl/α,β-unsaturated/α-hetero) is 4. The first kappa shape index (κ1) is 34.0. The van der Waals surface area contributed by atoms with E-state index in [0.29, 0.717) is 89.9 Å². The first-order valence-corrected chi connectivity index (χ1v) is 18.5. The van der Waals surface area contributed by atoms with Crippen molar-refractivity contribution in [3.63, 3.8) is 0 Å². The Morgan fingerprint density at radius 1 is 0.320 bits per heavy atom. The largest absolute Gasteiger partial charge is 0.299 e. The Morgan fingerprint density at radius 3 is 0.680 bits per heavy atom. The van der Waals surface area contributed by atoms with Gasteiger partial charge in [-0.3, -0.25) is 19.2 Å². The third kappa shape index (κ3) is 6.82. The summed E-state index contributed by atoms with van der Waals surface area (Å²) in [4.78, 5) is 59.1. The molecule has 4 nitrogen and oxygen atoms in total. The van der Waals surface area contributed by atoms with E-state index in [1.165, 1.54) is 0 Å². The van der Waals surface area contributed by atoms with Gasteiger partial charge in [0.2, 0.25) is 0 Å². The SMILES string of the molecule is O=C(CCc1ccccc1)C12CC3(C(=O)CCc4ccccc4)CC(C(=O)CCc4ccccc4)(C1)CC(C(=O)CCc1ccccc1)(C2)C3. The molecule has 0 radical (unpaired) electrons. The second-order valence-corrected chi connectivity index (χ2v) is 15.8. The Labute approximate surface area is 296 Å². The van der Waals surface area contributed by atoms with Gasteiger partial charge in [-0.2, -0.15) is 0 Å². The van der Waals surface area contributed by atoms with E-state index >= 15 is 0 Å². The molecule has 4 bridgehead atoms. The summed E-state index contributed by atoms with van der Waals surface area (Å²) in [7, 11) is 0. The first-order chi connectivity index (χ1) is 24.2. The van der Waals surface area contributed by atoms with Crippen LogP contribution in [0.3, 0.4) is 0 Å². The Bertz CT molecular complexity index is 1520. The van der Waals surface area contributed by atoms with Gasteiger partial charge in [0.1, 0.15) is 23.1 Å². The molecule has 0 atom stereocenters. The monoisotopic (exact) mass is 664 g/mol. The van der Waals surface area contributed by atoms with Crippen molar-refractivity contribution in [1.82, 2.24) is 0 Å². The molecule has 8 rings (SSSR count). The van der Waals surface area contributed by atoms with E-state index in [9.17, 15) is 19.2 Å². The summed E-state index contributed by atoms with van der Waals surface area (Å²) in [5.74, 6) is 0.504. The lowest BCUT2D eigenvalue weighted by Crippen LogP contribution is -2.68. The van der Waals surface area contributed by atoms with Crippen molar-refractivity contribution in [2.24, 2.45) is 21.7 Å². The van der Waals surface area contributed by atoms with Crippen molar-refractivity contribution < 1.29 is 19.2 Å². The highest BCUT2D eigenvalue weighted by Gasteiger charge is 2.74. The number of rotatable bonds is 16. The molecular formula is C46H48O4. The van der Waals surface area contributed by atoms with Gasteiger partial charge in [-0.25, -0.2) is 0 Å². The fourth-order valence-electron chi connectivity index (χ4n) is 10.5. The van der Waals surface area contributed by atoms with Crippen LogP contribution >= 0.6 is 0 Å². The lowest BCUT2D eigenvalue weighted by Gasteiger charge is -2.68. The summed E-state index contributed by atoms with van der Waals surface area (Å²) in [5.41, 5.74) is 0.937. The van der Waals surface area contributed by atoms with Crippen molar-refractivity contribution >= 4 is 23.1 Å². The second kappa shape index (κ2) is 14.1. The van der Waals surface area contributed by atoms with Crippen LogP contribution in [0.5, 0.6) is 0 Å². The summed E-state index contributed by atoms with van der Waals surface area (Å²) in [6, 6.07) is 40.2. The average Bonchev–Trinajstić information content (AvgIpc) is 3.15. The number of aryl methyl sites for hydroxylation is 4. The second-order valence-electron chi connectivity index (χ2n) is 15.8. The molecule has 50 heavy (non-hydrogen) atoms. The normalized spacial score (nSPS) is 26.4. The summed E-state index contributed by atoms with van der Waals surface area (Å²) in [5, 5.41) is 0. The maximum absolute atomic E-state index is 14.8. The highest BCUT2D eigenvalue weighted by Crippen LogP contribution is 2.75. The third-order valence-electron chi connectivity index (χ3n) is 12.4. The summed E-state index contributed by atoms with van der Waals surface area (Å²) in [6.07, 6.45) is 6.60. The van der Waals surface area contributed by atoms with Gasteiger partial charge in [0.05, 0.1) is 0 Å². The van der Waals surface area contributed by atoms with Crippen LogP contribution in [0.2, 0.25) is 0 Å². The predicted molar refractivity (Wildman–Crippen MR) is 197 cm³/mol. The van der Waals surface area contributed by atoms with Gasteiger partial charge < -0.3 is 0 Å². The number of carbonyl (C=O) groups is 4. The van der Waals surface area contributed by atoms with Crippen molar-refractivity contribution in [3.05, 3.63) is 144 Å². The van der Waals surface area contributed by atoms with Gasteiger partial charge in [0.25, 0.3) is 0 Å². The summed E-state index contributed by atoms with van der Waals surface area (Å²) >= 11 is 0. The van der Waals surface area contributed by atoms with Crippen LogP contribution in [0.4, 0.5) is 0 Å². The van der Waals surface area contributed by atoms with E-state index in [0.717, 1.165) is 22.3 Å². The molecule has 0 saturated heterocycles. The molecule has 4 aliphatic carbocycles. The minimum atomic E-state index is -0.864. The molecule has 0 spiro atoms. The molecule has 0 aliphatic heterocycles. The Kier molecular flexibility index (Phi) is 9.57. The number of hydrogen-bond acceptors (Lipinski definition) is 4. The van der Waals surface area contributed by atoms with Crippen LogP contribution in [0.15, 0.2) is 121 Å². The summed E-state index contributed by atoms with van der Waals surface area (Å²) < 4.78 is 0. The van der Waals surface area contributed by atoms with Gasteiger partial charge in [-0.05, 0) is 86.5 Å². The van der Waals surface area contributed by atoms with Crippen molar-refractivity contribution in [2.45, 2.75) is 89.9 Å². The quantitative estimate of drug-likeness (QED) is 0.120. The van der Waals surface area contributed by atoms with E-state index in [-0.39, 0.29) is 23.1 Å². The van der Waals surface area contributed by atoms with Crippen molar-refractivity contribution in [1.29, 1.82) is 0 Å². The van der Waals surface area contributed by atoms with Crippen LogP contribution in [0, 0.1) is 21.7 Å². The van der Waals surface area contributed by atoms with Crippen molar-refractivity contribution in [3.8, 4) is 0 Å². The molecular weight excluding hydrogens is 617 g/mol. The fourth-order valence-corrected chi connectivity index (χ4v) is 10.5. The van der Waals surface area contributed by atoms with Gasteiger partial charge in [0.15, 0.2) is 0 Å². The molecule has 4 aliphatic rings. The maximum Gasteiger partial charge on any atom is 0.139 e. The number of carbonyl (C=O) groups excluding carboxylic acids is 4. The highest BCUT2D eigenvalue weighted by molar-refractivity contribution is 5.98. The molecule has 0 N–H and O–H groups in total. The van der Waals surface area contributed by atoms with Crippen LogP contribution in [0.25, 0.3) is 0 Å². The minimum Gasteiger partial charge on any atom is -0.299 e. The third-order valence-corrected chi connectivity index (χ3v) is 12.4. The van der Waals surface area contributed by atoms with Gasteiger partial charge in [0, 0.05) is 47.3 Å². The molecule has 4 aromatic carbocycles. The van der Waals surface area contributed by atoms with E-state index in [1.54, 1.807) is 0 Å². The average molecular weight is 665 g/mol. The zero-order valence-corrected chi connectivity index (χ0v) is 29.1. The smallest absolute Gasteiger partial charge is 0.139 e. The standard InChI is InChI=1S/C46H48O4/c47-39(25-21-35-13-5-1-6-14-35)43-29-44(40(48)26-22-36-15-7-2-8-16-36)32-45(30-43,41(49)27-23-37-17-9-3-10-18-37)34-46(31-43,33-44)42(50)28-24-38-19-11-4-12-20-38/h1-20H,21-34H2.